The van der Waals surface area contributed by atoms with Crippen LogP contribution < -0.4 is 10.6 Å². The zero-order valence-electron chi connectivity index (χ0n) is 10.2. The van der Waals surface area contributed by atoms with E-state index in [4.69, 9.17) is 0 Å². The number of anilines is 2. The molecule has 1 aromatic rings. The molecule has 3 nitrogen and oxygen atoms in total. The molecule has 16 heavy (non-hydrogen) atoms. The van der Waals surface area contributed by atoms with Gasteiger partial charge in [-0.3, -0.25) is 4.98 Å². The third-order valence-corrected chi connectivity index (χ3v) is 3.63. The van der Waals surface area contributed by atoms with Crippen LogP contribution in [0.3, 0.4) is 0 Å². The SMILES string of the molecule is CNc1cncc(NCC2CCCC2C)c1. The molecule has 1 aliphatic rings. The fourth-order valence-corrected chi connectivity index (χ4v) is 2.45. The molecule has 2 N–H and O–H groups in total. The highest BCUT2D eigenvalue weighted by atomic mass is 14.9. The summed E-state index contributed by atoms with van der Waals surface area (Å²) >= 11 is 0. The summed E-state index contributed by atoms with van der Waals surface area (Å²) in [5.41, 5.74) is 2.18. The first-order valence-electron chi connectivity index (χ1n) is 6.16. The first-order valence-corrected chi connectivity index (χ1v) is 6.16. The zero-order chi connectivity index (χ0) is 11.4. The second-order valence-corrected chi connectivity index (χ2v) is 4.76. The van der Waals surface area contributed by atoms with Gasteiger partial charge in [-0.2, -0.15) is 0 Å². The summed E-state index contributed by atoms with van der Waals surface area (Å²) in [7, 11) is 1.92. The third kappa shape index (κ3) is 2.65. The van der Waals surface area contributed by atoms with Gasteiger partial charge < -0.3 is 10.6 Å². The monoisotopic (exact) mass is 219 g/mol. The van der Waals surface area contributed by atoms with Crippen LogP contribution in [0.2, 0.25) is 0 Å². The van der Waals surface area contributed by atoms with Crippen LogP contribution in [0, 0.1) is 11.8 Å². The quantitative estimate of drug-likeness (QED) is 0.817. The van der Waals surface area contributed by atoms with Gasteiger partial charge in [-0.1, -0.05) is 19.8 Å². The van der Waals surface area contributed by atoms with Crippen LogP contribution in [0.4, 0.5) is 11.4 Å². The molecule has 0 aromatic carbocycles. The second kappa shape index (κ2) is 5.19. The molecule has 2 rings (SSSR count). The minimum Gasteiger partial charge on any atom is -0.387 e. The number of pyridine rings is 1. The van der Waals surface area contributed by atoms with Crippen molar-refractivity contribution < 1.29 is 0 Å². The molecular formula is C13H21N3. The van der Waals surface area contributed by atoms with E-state index in [1.807, 2.05) is 19.4 Å². The molecule has 1 aliphatic carbocycles. The van der Waals surface area contributed by atoms with E-state index in [9.17, 15) is 0 Å². The van der Waals surface area contributed by atoms with Gasteiger partial charge in [0.2, 0.25) is 0 Å². The Kier molecular flexibility index (Phi) is 3.65. The molecule has 0 aliphatic heterocycles. The maximum atomic E-state index is 4.19. The fraction of sp³-hybridized carbons (Fsp3) is 0.615. The van der Waals surface area contributed by atoms with Gasteiger partial charge in [-0.25, -0.2) is 0 Å². The first kappa shape index (κ1) is 11.2. The van der Waals surface area contributed by atoms with Crippen LogP contribution in [0.5, 0.6) is 0 Å². The van der Waals surface area contributed by atoms with E-state index >= 15 is 0 Å². The summed E-state index contributed by atoms with van der Waals surface area (Å²) < 4.78 is 0. The molecule has 0 bridgehead atoms. The van der Waals surface area contributed by atoms with Crippen LogP contribution in [-0.4, -0.2) is 18.6 Å². The number of nitrogens with zero attached hydrogens (tertiary/aromatic N) is 1. The highest BCUT2D eigenvalue weighted by Gasteiger charge is 2.22. The molecule has 2 atom stereocenters. The molecule has 0 amide bonds. The summed E-state index contributed by atoms with van der Waals surface area (Å²) in [5, 5.41) is 6.59. The maximum Gasteiger partial charge on any atom is 0.0547 e. The van der Waals surface area contributed by atoms with Gasteiger partial charge in [0.1, 0.15) is 0 Å². The molecule has 88 valence electrons. The van der Waals surface area contributed by atoms with E-state index in [1.165, 1.54) is 19.3 Å². The van der Waals surface area contributed by atoms with Gasteiger partial charge in [0, 0.05) is 13.6 Å². The molecule has 0 saturated heterocycles. The van der Waals surface area contributed by atoms with Crippen LogP contribution in [-0.2, 0) is 0 Å². The van der Waals surface area contributed by atoms with Crippen molar-refractivity contribution in [3.05, 3.63) is 18.5 Å². The van der Waals surface area contributed by atoms with E-state index in [2.05, 4.69) is 28.6 Å². The Hall–Kier alpha value is -1.25. The first-order chi connectivity index (χ1) is 7.79. The Morgan fingerprint density at radius 1 is 1.31 bits per heavy atom. The van der Waals surface area contributed by atoms with E-state index in [1.54, 1.807) is 0 Å². The van der Waals surface area contributed by atoms with Crippen LogP contribution in [0.25, 0.3) is 0 Å². The van der Waals surface area contributed by atoms with Crippen molar-refractivity contribution >= 4 is 11.4 Å². The Bertz CT molecular complexity index is 338. The predicted molar refractivity (Wildman–Crippen MR) is 68.8 cm³/mol. The van der Waals surface area contributed by atoms with Crippen LogP contribution in [0.15, 0.2) is 18.5 Å². The lowest BCUT2D eigenvalue weighted by Gasteiger charge is -2.16. The van der Waals surface area contributed by atoms with Gasteiger partial charge in [-0.15, -0.1) is 0 Å². The largest absolute Gasteiger partial charge is 0.387 e. The Labute approximate surface area is 97.7 Å². The average molecular weight is 219 g/mol. The third-order valence-electron chi connectivity index (χ3n) is 3.63. The van der Waals surface area contributed by atoms with E-state index < -0.39 is 0 Å². The highest BCUT2D eigenvalue weighted by Crippen LogP contribution is 2.31. The van der Waals surface area contributed by atoms with Crippen molar-refractivity contribution in [3.63, 3.8) is 0 Å². The van der Waals surface area contributed by atoms with Crippen molar-refractivity contribution in [1.82, 2.24) is 4.98 Å². The van der Waals surface area contributed by atoms with Crippen molar-refractivity contribution in [3.8, 4) is 0 Å². The number of aromatic nitrogens is 1. The van der Waals surface area contributed by atoms with Gasteiger partial charge in [0.25, 0.3) is 0 Å². The maximum absolute atomic E-state index is 4.19. The van der Waals surface area contributed by atoms with Gasteiger partial charge >= 0.3 is 0 Å². The molecule has 0 radical (unpaired) electrons. The van der Waals surface area contributed by atoms with Gasteiger partial charge in [-0.05, 0) is 24.3 Å². The number of nitrogens with one attached hydrogen (secondary N) is 2. The summed E-state index contributed by atoms with van der Waals surface area (Å²) in [6.45, 7) is 3.44. The molecule has 1 heterocycles. The minimum atomic E-state index is 0.832. The molecule has 0 spiro atoms. The Morgan fingerprint density at radius 3 is 2.81 bits per heavy atom. The average Bonchev–Trinajstić information content (AvgIpc) is 2.72. The lowest BCUT2D eigenvalue weighted by atomic mass is 9.98. The van der Waals surface area contributed by atoms with Gasteiger partial charge in [0.05, 0.1) is 23.8 Å². The number of rotatable bonds is 4. The zero-order valence-corrected chi connectivity index (χ0v) is 10.2. The molecule has 2 unspecified atom stereocenters. The number of hydrogen-bond acceptors (Lipinski definition) is 3. The summed E-state index contributed by atoms with van der Waals surface area (Å²) in [4.78, 5) is 4.19. The lowest BCUT2D eigenvalue weighted by Crippen LogP contribution is -2.16. The summed E-state index contributed by atoms with van der Waals surface area (Å²) in [6, 6.07) is 2.10. The van der Waals surface area contributed by atoms with Gasteiger partial charge in [0.15, 0.2) is 0 Å². The summed E-state index contributed by atoms with van der Waals surface area (Å²) in [6.07, 6.45) is 7.88. The molecular weight excluding hydrogens is 198 g/mol. The molecule has 1 fully saturated rings. The predicted octanol–water partition coefficient (Wildman–Crippen LogP) is 2.97. The van der Waals surface area contributed by atoms with E-state index in [0.717, 1.165) is 29.8 Å². The minimum absolute atomic E-state index is 0.832. The lowest BCUT2D eigenvalue weighted by molar-refractivity contribution is 0.439. The van der Waals surface area contributed by atoms with E-state index in [0.29, 0.717) is 0 Å². The van der Waals surface area contributed by atoms with Crippen molar-refractivity contribution in [2.45, 2.75) is 26.2 Å². The standard InChI is InChI=1S/C13H21N3/c1-10-4-3-5-11(10)7-16-13-6-12(14-2)8-15-9-13/h6,8-11,14,16H,3-5,7H2,1-2H3. The Morgan fingerprint density at radius 2 is 2.12 bits per heavy atom. The summed E-state index contributed by atoms with van der Waals surface area (Å²) in [5.74, 6) is 1.70. The molecule has 1 saturated carbocycles. The van der Waals surface area contributed by atoms with Crippen LogP contribution >= 0.6 is 0 Å². The molecule has 1 aromatic heterocycles. The smallest absolute Gasteiger partial charge is 0.0547 e. The van der Waals surface area contributed by atoms with Crippen molar-refractivity contribution in [2.24, 2.45) is 11.8 Å². The fourth-order valence-electron chi connectivity index (χ4n) is 2.45. The van der Waals surface area contributed by atoms with Crippen molar-refractivity contribution in [2.75, 3.05) is 24.2 Å². The number of hydrogen-bond donors (Lipinski definition) is 2. The van der Waals surface area contributed by atoms with Crippen LogP contribution in [0.1, 0.15) is 26.2 Å². The topological polar surface area (TPSA) is 37.0 Å². The normalized spacial score (nSPS) is 24.4. The van der Waals surface area contributed by atoms with E-state index in [-0.39, 0.29) is 0 Å². The van der Waals surface area contributed by atoms with Crippen molar-refractivity contribution in [1.29, 1.82) is 0 Å². The second-order valence-electron chi connectivity index (χ2n) is 4.76. The highest BCUT2D eigenvalue weighted by molar-refractivity contribution is 5.53. The molecule has 3 heteroatoms. The Balaban J connectivity index is 1.88.